The Morgan fingerprint density at radius 2 is 1.74 bits per heavy atom. The van der Waals surface area contributed by atoms with Gasteiger partial charge in [0.15, 0.2) is 0 Å². The summed E-state index contributed by atoms with van der Waals surface area (Å²) in [6, 6.07) is 12.8. The molecule has 1 aliphatic rings. The van der Waals surface area contributed by atoms with Crippen LogP contribution in [0.15, 0.2) is 48.8 Å². The second-order valence-electron chi connectivity index (χ2n) is 8.41. The first-order chi connectivity index (χ1) is 17.0. The van der Waals surface area contributed by atoms with Gasteiger partial charge in [0.2, 0.25) is 5.95 Å². The molecule has 1 aliphatic heterocycles. The van der Waals surface area contributed by atoms with E-state index < -0.39 is 0 Å². The molecular formula is C26H28N6O3. The number of likely N-dealkylation sites (tertiary alicyclic amines) is 1. The first kappa shape index (κ1) is 24.0. The topological polar surface area (TPSA) is 112 Å². The number of nitrogens with zero attached hydrogens (tertiary/aromatic N) is 4. The number of nitriles is 1. The van der Waals surface area contributed by atoms with E-state index in [2.05, 4.69) is 38.6 Å². The Hall–Kier alpha value is -4.16. The van der Waals surface area contributed by atoms with Crippen molar-refractivity contribution < 1.29 is 14.3 Å². The average molecular weight is 473 g/mol. The van der Waals surface area contributed by atoms with Crippen LogP contribution in [0.25, 0.3) is 11.1 Å². The van der Waals surface area contributed by atoms with Gasteiger partial charge in [-0.25, -0.2) is 9.97 Å². The standard InChI is InChI=1S/C26H28N6O3/c1-32-10-8-21(9-11-32)30-25(33)18-6-7-23(34-2)22(12-18)31-26-28-15-20(16-29-26)17-4-5-19(14-27)24(13-17)35-3/h4-7,12-13,15-16,21H,8-11H2,1-3H3,(H,30,33)(H,28,29,31). The summed E-state index contributed by atoms with van der Waals surface area (Å²) in [5.41, 5.74) is 3.20. The first-order valence-corrected chi connectivity index (χ1v) is 11.4. The van der Waals surface area contributed by atoms with Crippen LogP contribution < -0.4 is 20.1 Å². The summed E-state index contributed by atoms with van der Waals surface area (Å²) in [7, 11) is 5.19. The number of rotatable bonds is 7. The van der Waals surface area contributed by atoms with Gasteiger partial charge in [-0.05, 0) is 68.9 Å². The fourth-order valence-corrected chi connectivity index (χ4v) is 3.99. The van der Waals surface area contributed by atoms with Gasteiger partial charge in [-0.15, -0.1) is 0 Å². The van der Waals surface area contributed by atoms with Crippen molar-refractivity contribution in [1.29, 1.82) is 5.26 Å². The molecule has 4 rings (SSSR count). The lowest BCUT2D eigenvalue weighted by molar-refractivity contribution is 0.0917. The summed E-state index contributed by atoms with van der Waals surface area (Å²) in [5, 5.41) is 15.5. The zero-order valence-electron chi connectivity index (χ0n) is 20.0. The molecule has 0 bridgehead atoms. The predicted molar refractivity (Wildman–Crippen MR) is 133 cm³/mol. The molecule has 2 heterocycles. The van der Waals surface area contributed by atoms with Crippen molar-refractivity contribution in [3.8, 4) is 28.7 Å². The molecule has 9 heteroatoms. The van der Waals surface area contributed by atoms with Crippen LogP contribution in [-0.2, 0) is 0 Å². The van der Waals surface area contributed by atoms with E-state index in [1.807, 2.05) is 6.07 Å². The monoisotopic (exact) mass is 472 g/mol. The maximum atomic E-state index is 12.8. The molecule has 0 saturated carbocycles. The van der Waals surface area contributed by atoms with Crippen molar-refractivity contribution in [2.24, 2.45) is 0 Å². The summed E-state index contributed by atoms with van der Waals surface area (Å²) in [6.07, 6.45) is 5.24. The number of aromatic nitrogens is 2. The van der Waals surface area contributed by atoms with E-state index in [-0.39, 0.29) is 11.9 Å². The Kier molecular flexibility index (Phi) is 7.43. The third-order valence-electron chi connectivity index (χ3n) is 6.07. The molecule has 1 saturated heterocycles. The number of ether oxygens (including phenoxy) is 2. The van der Waals surface area contributed by atoms with Crippen LogP contribution in [0, 0.1) is 11.3 Å². The molecule has 180 valence electrons. The summed E-state index contributed by atoms with van der Waals surface area (Å²) >= 11 is 0. The van der Waals surface area contributed by atoms with Crippen molar-refractivity contribution in [2.75, 3.05) is 39.7 Å². The van der Waals surface area contributed by atoms with Crippen molar-refractivity contribution in [3.05, 3.63) is 59.9 Å². The third kappa shape index (κ3) is 5.67. The van der Waals surface area contributed by atoms with Gasteiger partial charge in [0.25, 0.3) is 5.91 Å². The van der Waals surface area contributed by atoms with Crippen molar-refractivity contribution >= 4 is 17.5 Å². The number of hydrogen-bond donors (Lipinski definition) is 2. The highest BCUT2D eigenvalue weighted by molar-refractivity contribution is 5.96. The second kappa shape index (κ2) is 10.8. The van der Waals surface area contributed by atoms with Crippen molar-refractivity contribution in [3.63, 3.8) is 0 Å². The van der Waals surface area contributed by atoms with Crippen LogP contribution >= 0.6 is 0 Å². The van der Waals surface area contributed by atoms with Crippen LogP contribution in [-0.4, -0.2) is 61.2 Å². The number of carbonyl (C=O) groups excluding carboxylic acids is 1. The molecule has 0 unspecified atom stereocenters. The van der Waals surface area contributed by atoms with Crippen molar-refractivity contribution in [2.45, 2.75) is 18.9 Å². The van der Waals surface area contributed by atoms with Gasteiger partial charge in [0.1, 0.15) is 17.6 Å². The Labute approximate surface area is 204 Å². The minimum Gasteiger partial charge on any atom is -0.495 e. The van der Waals surface area contributed by atoms with Crippen molar-refractivity contribution in [1.82, 2.24) is 20.2 Å². The molecule has 3 aromatic rings. The third-order valence-corrected chi connectivity index (χ3v) is 6.07. The number of benzene rings is 2. The molecule has 1 amide bonds. The molecule has 0 atom stereocenters. The molecule has 1 aromatic heterocycles. The minimum absolute atomic E-state index is 0.115. The quantitative estimate of drug-likeness (QED) is 0.536. The lowest BCUT2D eigenvalue weighted by Crippen LogP contribution is -2.43. The van der Waals surface area contributed by atoms with E-state index in [0.29, 0.717) is 34.3 Å². The average Bonchev–Trinajstić information content (AvgIpc) is 2.90. The van der Waals surface area contributed by atoms with Crippen LogP contribution in [0.5, 0.6) is 11.5 Å². The predicted octanol–water partition coefficient (Wildman–Crippen LogP) is 3.60. The molecular weight excluding hydrogens is 444 g/mol. The summed E-state index contributed by atoms with van der Waals surface area (Å²) in [5.74, 6) is 1.31. The molecule has 0 radical (unpaired) electrons. The maximum absolute atomic E-state index is 12.8. The second-order valence-corrected chi connectivity index (χ2v) is 8.41. The smallest absolute Gasteiger partial charge is 0.251 e. The molecule has 9 nitrogen and oxygen atoms in total. The Balaban J connectivity index is 1.49. The summed E-state index contributed by atoms with van der Waals surface area (Å²) in [4.78, 5) is 23.9. The summed E-state index contributed by atoms with van der Waals surface area (Å²) in [6.45, 7) is 1.95. The normalized spacial score (nSPS) is 14.1. The number of piperidine rings is 1. The molecule has 2 N–H and O–H groups in total. The van der Waals surface area contributed by atoms with Gasteiger partial charge < -0.3 is 25.0 Å². The molecule has 1 fully saturated rings. The van der Waals surface area contributed by atoms with E-state index in [1.165, 1.54) is 7.11 Å². The molecule has 0 spiro atoms. The lowest BCUT2D eigenvalue weighted by Gasteiger charge is -2.29. The highest BCUT2D eigenvalue weighted by Gasteiger charge is 2.20. The number of nitrogens with one attached hydrogen (secondary N) is 2. The van der Waals surface area contributed by atoms with Gasteiger partial charge in [-0.1, -0.05) is 6.07 Å². The van der Waals surface area contributed by atoms with Gasteiger partial charge in [-0.3, -0.25) is 4.79 Å². The fourth-order valence-electron chi connectivity index (χ4n) is 3.99. The molecule has 35 heavy (non-hydrogen) atoms. The largest absolute Gasteiger partial charge is 0.495 e. The highest BCUT2D eigenvalue weighted by Crippen LogP contribution is 2.29. The van der Waals surface area contributed by atoms with Gasteiger partial charge in [0, 0.05) is 29.6 Å². The number of amides is 1. The highest BCUT2D eigenvalue weighted by atomic mass is 16.5. The number of methoxy groups -OCH3 is 2. The molecule has 0 aliphatic carbocycles. The van der Waals surface area contributed by atoms with E-state index in [9.17, 15) is 10.1 Å². The molecule has 2 aromatic carbocycles. The Morgan fingerprint density at radius 3 is 2.40 bits per heavy atom. The van der Waals surface area contributed by atoms with Crippen LogP contribution in [0.2, 0.25) is 0 Å². The lowest BCUT2D eigenvalue weighted by atomic mass is 10.0. The van der Waals surface area contributed by atoms with E-state index in [1.54, 1.807) is 49.8 Å². The van der Waals surface area contributed by atoms with E-state index in [4.69, 9.17) is 9.47 Å². The van der Waals surface area contributed by atoms with Gasteiger partial charge in [0.05, 0.1) is 25.5 Å². The van der Waals surface area contributed by atoms with Crippen LogP contribution in [0.1, 0.15) is 28.8 Å². The van der Waals surface area contributed by atoms with Crippen LogP contribution in [0.4, 0.5) is 11.6 Å². The van der Waals surface area contributed by atoms with Gasteiger partial charge in [-0.2, -0.15) is 5.26 Å². The minimum atomic E-state index is -0.115. The van der Waals surface area contributed by atoms with Gasteiger partial charge >= 0.3 is 0 Å². The Morgan fingerprint density at radius 1 is 1.03 bits per heavy atom. The van der Waals surface area contributed by atoms with E-state index >= 15 is 0 Å². The van der Waals surface area contributed by atoms with Crippen LogP contribution in [0.3, 0.4) is 0 Å². The van der Waals surface area contributed by atoms with E-state index in [0.717, 1.165) is 37.1 Å². The maximum Gasteiger partial charge on any atom is 0.251 e. The fraction of sp³-hybridized carbons (Fsp3) is 0.308. The zero-order valence-corrected chi connectivity index (χ0v) is 20.0. The number of hydrogen-bond acceptors (Lipinski definition) is 8. The summed E-state index contributed by atoms with van der Waals surface area (Å²) < 4.78 is 10.7. The first-order valence-electron chi connectivity index (χ1n) is 11.4. The number of anilines is 2. The SMILES string of the molecule is COc1cc(-c2cnc(Nc3cc(C(=O)NC4CCN(C)CC4)ccc3OC)nc2)ccc1C#N. The zero-order chi connectivity index (χ0) is 24.8. The number of carbonyl (C=O) groups is 1. The Bertz CT molecular complexity index is 1230.